The molecule has 2 nitrogen and oxygen atoms in total. The summed E-state index contributed by atoms with van der Waals surface area (Å²) < 4.78 is 6.91. The molecule has 2 aliphatic rings. The summed E-state index contributed by atoms with van der Waals surface area (Å²) in [6.07, 6.45) is 3.85. The SMILES string of the molecule is ICCN1CCC2(CCO2)CC1. The third-order valence-electron chi connectivity index (χ3n) is 3.13. The highest BCUT2D eigenvalue weighted by atomic mass is 127. The average molecular weight is 281 g/mol. The van der Waals surface area contributed by atoms with Gasteiger partial charge >= 0.3 is 0 Å². The Bertz CT molecular complexity index is 149. The summed E-state index contributed by atoms with van der Waals surface area (Å²) in [6, 6.07) is 0. The van der Waals surface area contributed by atoms with Crippen LogP contribution in [0.3, 0.4) is 0 Å². The number of rotatable bonds is 2. The fourth-order valence-electron chi connectivity index (χ4n) is 2.09. The van der Waals surface area contributed by atoms with Gasteiger partial charge in [-0.25, -0.2) is 0 Å². The van der Waals surface area contributed by atoms with Crippen LogP contribution in [0.25, 0.3) is 0 Å². The quantitative estimate of drug-likeness (QED) is 0.564. The van der Waals surface area contributed by atoms with Gasteiger partial charge in [0.15, 0.2) is 0 Å². The van der Waals surface area contributed by atoms with Gasteiger partial charge in [-0.1, -0.05) is 22.6 Å². The molecule has 3 heteroatoms. The molecule has 1 spiro atoms. The molecule has 0 aromatic carbocycles. The van der Waals surface area contributed by atoms with Crippen molar-refractivity contribution in [1.82, 2.24) is 4.90 Å². The van der Waals surface area contributed by atoms with Gasteiger partial charge in [0.1, 0.15) is 0 Å². The lowest BCUT2D eigenvalue weighted by atomic mass is 9.84. The zero-order chi connectivity index (χ0) is 8.44. The van der Waals surface area contributed by atoms with E-state index in [0.717, 1.165) is 6.61 Å². The van der Waals surface area contributed by atoms with Gasteiger partial charge in [-0.05, 0) is 19.3 Å². The third-order valence-corrected chi connectivity index (χ3v) is 3.62. The molecule has 2 rings (SSSR count). The van der Waals surface area contributed by atoms with Gasteiger partial charge in [0.25, 0.3) is 0 Å². The first kappa shape index (κ1) is 9.21. The summed E-state index contributed by atoms with van der Waals surface area (Å²) in [6.45, 7) is 4.77. The topological polar surface area (TPSA) is 12.5 Å². The number of hydrogen-bond donors (Lipinski definition) is 0. The minimum atomic E-state index is 0.335. The normalized spacial score (nSPS) is 28.8. The minimum Gasteiger partial charge on any atom is -0.375 e. The molecule has 0 unspecified atom stereocenters. The second-order valence-corrected chi connectivity index (χ2v) is 4.89. The van der Waals surface area contributed by atoms with Crippen molar-refractivity contribution in [2.24, 2.45) is 0 Å². The lowest BCUT2D eigenvalue weighted by molar-refractivity contribution is -0.172. The predicted molar refractivity (Wildman–Crippen MR) is 57.9 cm³/mol. The summed E-state index contributed by atoms with van der Waals surface area (Å²) in [7, 11) is 0. The van der Waals surface area contributed by atoms with Crippen LogP contribution >= 0.6 is 22.6 Å². The van der Waals surface area contributed by atoms with Crippen LogP contribution in [0.1, 0.15) is 19.3 Å². The zero-order valence-electron chi connectivity index (χ0n) is 7.39. The Morgan fingerprint density at radius 3 is 2.33 bits per heavy atom. The number of ether oxygens (including phenoxy) is 1. The Morgan fingerprint density at radius 1 is 1.25 bits per heavy atom. The van der Waals surface area contributed by atoms with E-state index in [2.05, 4.69) is 27.5 Å². The first-order valence-electron chi connectivity index (χ1n) is 4.77. The Balaban J connectivity index is 1.77. The maximum atomic E-state index is 5.66. The van der Waals surface area contributed by atoms with Crippen molar-refractivity contribution in [3.63, 3.8) is 0 Å². The zero-order valence-corrected chi connectivity index (χ0v) is 9.55. The van der Waals surface area contributed by atoms with E-state index in [1.165, 1.54) is 43.3 Å². The van der Waals surface area contributed by atoms with E-state index in [1.54, 1.807) is 0 Å². The van der Waals surface area contributed by atoms with Crippen LogP contribution in [0, 0.1) is 0 Å². The Kier molecular flexibility index (Phi) is 2.92. The molecule has 2 heterocycles. The van der Waals surface area contributed by atoms with Crippen LogP contribution in [0.2, 0.25) is 0 Å². The molecule has 2 aliphatic heterocycles. The minimum absolute atomic E-state index is 0.335. The predicted octanol–water partition coefficient (Wildman–Crippen LogP) is 1.68. The number of alkyl halides is 1. The molecule has 0 aromatic rings. The van der Waals surface area contributed by atoms with Crippen LogP contribution in [0.5, 0.6) is 0 Å². The van der Waals surface area contributed by atoms with Crippen LogP contribution in [-0.2, 0) is 4.74 Å². The maximum absolute atomic E-state index is 5.66. The van der Waals surface area contributed by atoms with E-state index >= 15 is 0 Å². The Hall–Kier alpha value is 0.650. The van der Waals surface area contributed by atoms with Gasteiger partial charge in [0, 0.05) is 24.1 Å². The van der Waals surface area contributed by atoms with E-state index < -0.39 is 0 Å². The standard InChI is InChI=1S/C9H16INO/c10-4-7-11-5-1-9(2-6-11)3-8-12-9/h1-8H2. The van der Waals surface area contributed by atoms with Crippen molar-refractivity contribution >= 4 is 22.6 Å². The smallest absolute Gasteiger partial charge is 0.0728 e. The molecule has 0 aliphatic carbocycles. The molecule has 0 bridgehead atoms. The fourth-order valence-corrected chi connectivity index (χ4v) is 2.77. The van der Waals surface area contributed by atoms with E-state index in [0.29, 0.717) is 5.60 Å². The molecule has 0 atom stereocenters. The van der Waals surface area contributed by atoms with Crippen molar-refractivity contribution in [3.8, 4) is 0 Å². The van der Waals surface area contributed by atoms with Crippen molar-refractivity contribution < 1.29 is 4.74 Å². The monoisotopic (exact) mass is 281 g/mol. The highest BCUT2D eigenvalue weighted by molar-refractivity contribution is 14.1. The van der Waals surface area contributed by atoms with Gasteiger partial charge in [-0.3, -0.25) is 0 Å². The molecular formula is C9H16INO. The van der Waals surface area contributed by atoms with Gasteiger partial charge in [-0.2, -0.15) is 0 Å². The highest BCUT2D eigenvalue weighted by Gasteiger charge is 2.40. The maximum Gasteiger partial charge on any atom is 0.0728 e. The lowest BCUT2D eigenvalue weighted by Gasteiger charge is -2.47. The van der Waals surface area contributed by atoms with Crippen LogP contribution < -0.4 is 0 Å². The van der Waals surface area contributed by atoms with Crippen molar-refractivity contribution in [3.05, 3.63) is 0 Å². The highest BCUT2D eigenvalue weighted by Crippen LogP contribution is 2.36. The van der Waals surface area contributed by atoms with Crippen LogP contribution in [0.15, 0.2) is 0 Å². The molecule has 0 aromatic heterocycles. The first-order chi connectivity index (χ1) is 5.85. The molecule has 0 saturated carbocycles. The second kappa shape index (κ2) is 3.80. The van der Waals surface area contributed by atoms with E-state index in [1.807, 2.05) is 0 Å². The average Bonchev–Trinajstić information content (AvgIpc) is 2.04. The van der Waals surface area contributed by atoms with Gasteiger partial charge in [-0.15, -0.1) is 0 Å². The van der Waals surface area contributed by atoms with E-state index in [-0.39, 0.29) is 0 Å². The molecular weight excluding hydrogens is 265 g/mol. The fraction of sp³-hybridized carbons (Fsp3) is 1.00. The van der Waals surface area contributed by atoms with Crippen molar-refractivity contribution in [2.75, 3.05) is 30.7 Å². The van der Waals surface area contributed by atoms with Crippen molar-refractivity contribution in [2.45, 2.75) is 24.9 Å². The largest absolute Gasteiger partial charge is 0.375 e. The van der Waals surface area contributed by atoms with Gasteiger partial charge in [0.2, 0.25) is 0 Å². The van der Waals surface area contributed by atoms with E-state index in [9.17, 15) is 0 Å². The Morgan fingerprint density at radius 2 is 1.92 bits per heavy atom. The summed E-state index contributed by atoms with van der Waals surface area (Å²) >= 11 is 2.45. The van der Waals surface area contributed by atoms with Crippen molar-refractivity contribution in [1.29, 1.82) is 0 Å². The van der Waals surface area contributed by atoms with Crippen LogP contribution in [0.4, 0.5) is 0 Å². The molecule has 0 amide bonds. The molecule has 0 N–H and O–H groups in total. The molecule has 70 valence electrons. The number of hydrogen-bond acceptors (Lipinski definition) is 2. The summed E-state index contributed by atoms with van der Waals surface area (Å²) in [5.74, 6) is 0. The number of piperidine rings is 1. The van der Waals surface area contributed by atoms with Gasteiger partial charge in [0.05, 0.1) is 12.2 Å². The number of halogens is 1. The molecule has 0 radical (unpaired) electrons. The lowest BCUT2D eigenvalue weighted by Crippen LogP contribution is -2.52. The second-order valence-electron chi connectivity index (χ2n) is 3.81. The summed E-state index contributed by atoms with van der Waals surface area (Å²) in [4.78, 5) is 2.55. The number of likely N-dealkylation sites (tertiary alicyclic amines) is 1. The molecule has 12 heavy (non-hydrogen) atoms. The third kappa shape index (κ3) is 1.77. The Labute approximate surface area is 87.8 Å². The molecule has 2 saturated heterocycles. The molecule has 2 fully saturated rings. The van der Waals surface area contributed by atoms with Gasteiger partial charge < -0.3 is 9.64 Å². The summed E-state index contributed by atoms with van der Waals surface area (Å²) in [5.41, 5.74) is 0.335. The first-order valence-corrected chi connectivity index (χ1v) is 6.29. The van der Waals surface area contributed by atoms with Crippen LogP contribution in [-0.4, -0.2) is 41.2 Å². The van der Waals surface area contributed by atoms with E-state index in [4.69, 9.17) is 4.74 Å². The summed E-state index contributed by atoms with van der Waals surface area (Å²) in [5, 5.41) is 0. The number of nitrogens with zero attached hydrogens (tertiary/aromatic N) is 1.